The smallest absolute Gasteiger partial charge is 0.243 e. The van der Waals surface area contributed by atoms with Gasteiger partial charge in [0.05, 0.1) is 22.9 Å². The Balaban J connectivity index is 2.09. The van der Waals surface area contributed by atoms with Crippen LogP contribution in [0.4, 0.5) is 5.69 Å². The van der Waals surface area contributed by atoms with Gasteiger partial charge in [-0.1, -0.05) is 44.2 Å². The van der Waals surface area contributed by atoms with Gasteiger partial charge in [-0.25, -0.2) is 13.4 Å². The Hall–Kier alpha value is -2.26. The Morgan fingerprint density at radius 3 is 2.47 bits per heavy atom. The van der Waals surface area contributed by atoms with Gasteiger partial charge in [-0.05, 0) is 24.3 Å². The maximum absolute atomic E-state index is 13.0. The second-order valence-electron chi connectivity index (χ2n) is 6.61. The van der Waals surface area contributed by atoms with E-state index in [0.717, 1.165) is 21.7 Å². The van der Waals surface area contributed by atoms with Crippen LogP contribution >= 0.6 is 11.3 Å². The molecule has 0 saturated carbocycles. The maximum atomic E-state index is 13.0. The first-order valence-corrected chi connectivity index (χ1v) is 12.2. The number of benzene rings is 2. The van der Waals surface area contributed by atoms with E-state index in [4.69, 9.17) is 9.73 Å². The molecule has 0 spiro atoms. The number of rotatable bonds is 9. The maximum Gasteiger partial charge on any atom is 0.243 e. The summed E-state index contributed by atoms with van der Waals surface area (Å²) in [7, 11) is -1.86. The molecule has 0 unspecified atom stereocenters. The lowest BCUT2D eigenvalue weighted by Gasteiger charge is -2.19. The zero-order valence-corrected chi connectivity index (χ0v) is 19.1. The number of hydrogen-bond acceptors (Lipinski definition) is 5. The lowest BCUT2D eigenvalue weighted by atomic mass is 10.2. The molecule has 0 bridgehead atoms. The summed E-state index contributed by atoms with van der Waals surface area (Å²) in [6.45, 7) is 5.72. The van der Waals surface area contributed by atoms with E-state index in [2.05, 4.69) is 4.57 Å². The van der Waals surface area contributed by atoms with Crippen LogP contribution in [0.25, 0.3) is 11.3 Å². The number of para-hydroxylation sites is 1. The van der Waals surface area contributed by atoms with Gasteiger partial charge in [-0.15, -0.1) is 11.3 Å². The van der Waals surface area contributed by atoms with Crippen LogP contribution in [0.5, 0.6) is 0 Å². The molecule has 0 aliphatic rings. The summed E-state index contributed by atoms with van der Waals surface area (Å²) in [5, 5.41) is 2.01. The third-order valence-electron chi connectivity index (χ3n) is 4.77. The molecule has 8 heteroatoms. The lowest BCUT2D eigenvalue weighted by Crippen LogP contribution is -2.30. The standard InChI is InChI=1S/C22H27N3O3S2/c1-4-24(5-2)30(26,27)20-13-9-10-18(16-20)21-17-29-22(25(21)14-15-28-3)23-19-11-7-6-8-12-19/h6-13,16-17H,4-5,14-15H2,1-3H3. The fraction of sp³-hybridized carbons (Fsp3) is 0.318. The van der Waals surface area contributed by atoms with E-state index in [9.17, 15) is 8.42 Å². The number of methoxy groups -OCH3 is 1. The fourth-order valence-corrected chi connectivity index (χ4v) is 5.65. The molecule has 0 atom stereocenters. The van der Waals surface area contributed by atoms with E-state index in [1.165, 1.54) is 15.6 Å². The van der Waals surface area contributed by atoms with Gasteiger partial charge in [0.15, 0.2) is 4.80 Å². The van der Waals surface area contributed by atoms with Gasteiger partial charge < -0.3 is 9.30 Å². The average molecular weight is 446 g/mol. The summed E-state index contributed by atoms with van der Waals surface area (Å²) in [6.07, 6.45) is 0. The van der Waals surface area contributed by atoms with E-state index in [-0.39, 0.29) is 0 Å². The van der Waals surface area contributed by atoms with E-state index in [1.54, 1.807) is 25.3 Å². The zero-order chi connectivity index (χ0) is 21.6. The van der Waals surface area contributed by atoms with Crippen LogP contribution in [0.1, 0.15) is 13.8 Å². The van der Waals surface area contributed by atoms with Gasteiger partial charge in [-0.3, -0.25) is 0 Å². The van der Waals surface area contributed by atoms with E-state index >= 15 is 0 Å². The molecule has 0 radical (unpaired) electrons. The summed E-state index contributed by atoms with van der Waals surface area (Å²) < 4.78 is 34.8. The molecule has 30 heavy (non-hydrogen) atoms. The summed E-state index contributed by atoms with van der Waals surface area (Å²) in [5.74, 6) is 0. The first-order valence-electron chi connectivity index (χ1n) is 9.88. The number of nitrogens with zero attached hydrogens (tertiary/aromatic N) is 3. The Bertz CT molecular complexity index is 1130. The summed E-state index contributed by atoms with van der Waals surface area (Å²) >= 11 is 1.53. The Labute approximate surface area is 182 Å². The van der Waals surface area contributed by atoms with E-state index in [1.807, 2.05) is 55.6 Å². The van der Waals surface area contributed by atoms with Crippen molar-refractivity contribution in [2.45, 2.75) is 25.3 Å². The first kappa shape index (κ1) is 22.4. The molecule has 0 N–H and O–H groups in total. The molecular weight excluding hydrogens is 418 g/mol. The number of hydrogen-bond donors (Lipinski definition) is 0. The highest BCUT2D eigenvalue weighted by Crippen LogP contribution is 2.25. The number of aromatic nitrogens is 1. The normalized spacial score (nSPS) is 12.6. The monoisotopic (exact) mass is 445 g/mol. The van der Waals surface area contributed by atoms with Crippen molar-refractivity contribution in [2.24, 2.45) is 4.99 Å². The average Bonchev–Trinajstić information content (AvgIpc) is 3.16. The molecule has 3 rings (SSSR count). The van der Waals surface area contributed by atoms with Crippen molar-refractivity contribution in [1.82, 2.24) is 8.87 Å². The van der Waals surface area contributed by atoms with Crippen molar-refractivity contribution in [3.8, 4) is 11.3 Å². The number of ether oxygens (including phenoxy) is 1. The van der Waals surface area contributed by atoms with Crippen LogP contribution in [0.3, 0.4) is 0 Å². The number of thiazole rings is 1. The molecule has 1 aromatic heterocycles. The van der Waals surface area contributed by atoms with Crippen LogP contribution in [-0.2, 0) is 21.3 Å². The molecule has 0 fully saturated rings. The molecule has 3 aromatic rings. The zero-order valence-electron chi connectivity index (χ0n) is 17.5. The highest BCUT2D eigenvalue weighted by molar-refractivity contribution is 7.89. The fourth-order valence-electron chi connectivity index (χ4n) is 3.19. The summed E-state index contributed by atoms with van der Waals surface area (Å²) in [4.78, 5) is 5.90. The molecule has 0 amide bonds. The SMILES string of the molecule is CCN(CC)S(=O)(=O)c1cccc(-c2csc(=Nc3ccccc3)n2CCOC)c1. The van der Waals surface area contributed by atoms with Crippen molar-refractivity contribution < 1.29 is 13.2 Å². The van der Waals surface area contributed by atoms with Gasteiger partial charge in [0.1, 0.15) is 0 Å². The molecule has 0 saturated heterocycles. The van der Waals surface area contributed by atoms with Crippen LogP contribution in [-0.4, -0.2) is 44.1 Å². The molecular formula is C22H27N3O3S2. The topological polar surface area (TPSA) is 63.9 Å². The Morgan fingerprint density at radius 1 is 1.07 bits per heavy atom. The highest BCUT2D eigenvalue weighted by atomic mass is 32.2. The van der Waals surface area contributed by atoms with Gasteiger partial charge in [0.2, 0.25) is 10.0 Å². The van der Waals surface area contributed by atoms with Crippen molar-refractivity contribution in [2.75, 3.05) is 26.8 Å². The van der Waals surface area contributed by atoms with Gasteiger partial charge in [0.25, 0.3) is 0 Å². The largest absolute Gasteiger partial charge is 0.383 e. The summed E-state index contributed by atoms with van der Waals surface area (Å²) in [6, 6.07) is 16.9. The van der Waals surface area contributed by atoms with Crippen molar-refractivity contribution >= 4 is 27.0 Å². The van der Waals surface area contributed by atoms with Crippen molar-refractivity contribution in [1.29, 1.82) is 0 Å². The second kappa shape index (κ2) is 10.2. The van der Waals surface area contributed by atoms with E-state index < -0.39 is 10.0 Å². The molecule has 0 aliphatic carbocycles. The quantitative estimate of drug-likeness (QED) is 0.498. The predicted molar refractivity (Wildman–Crippen MR) is 121 cm³/mol. The van der Waals surface area contributed by atoms with Crippen LogP contribution in [0, 0.1) is 0 Å². The van der Waals surface area contributed by atoms with Crippen LogP contribution in [0.2, 0.25) is 0 Å². The molecule has 2 aromatic carbocycles. The van der Waals surface area contributed by atoms with Gasteiger partial charge >= 0.3 is 0 Å². The minimum absolute atomic E-state index is 0.301. The minimum Gasteiger partial charge on any atom is -0.383 e. The Kier molecular flexibility index (Phi) is 7.60. The third kappa shape index (κ3) is 4.89. The lowest BCUT2D eigenvalue weighted by molar-refractivity contribution is 0.187. The number of sulfonamides is 1. The van der Waals surface area contributed by atoms with Crippen LogP contribution in [0.15, 0.2) is 69.9 Å². The molecule has 160 valence electrons. The van der Waals surface area contributed by atoms with E-state index in [0.29, 0.717) is 31.1 Å². The molecule has 0 aliphatic heterocycles. The minimum atomic E-state index is -3.52. The first-order chi connectivity index (χ1) is 14.5. The van der Waals surface area contributed by atoms with Gasteiger partial charge in [-0.2, -0.15) is 4.31 Å². The summed E-state index contributed by atoms with van der Waals surface area (Å²) in [5.41, 5.74) is 2.63. The second-order valence-corrected chi connectivity index (χ2v) is 9.39. The van der Waals surface area contributed by atoms with Crippen molar-refractivity contribution in [3.63, 3.8) is 0 Å². The Morgan fingerprint density at radius 2 is 1.80 bits per heavy atom. The highest BCUT2D eigenvalue weighted by Gasteiger charge is 2.22. The third-order valence-corrected chi connectivity index (χ3v) is 7.68. The van der Waals surface area contributed by atoms with Crippen molar-refractivity contribution in [3.05, 3.63) is 64.8 Å². The predicted octanol–water partition coefficient (Wildman–Crippen LogP) is 4.13. The molecule has 1 heterocycles. The van der Waals surface area contributed by atoms with Gasteiger partial charge in [0, 0.05) is 37.7 Å². The van der Waals surface area contributed by atoms with Crippen LogP contribution < -0.4 is 4.80 Å². The molecule has 6 nitrogen and oxygen atoms in total.